The summed E-state index contributed by atoms with van der Waals surface area (Å²) < 4.78 is 10.3. The summed E-state index contributed by atoms with van der Waals surface area (Å²) in [5.74, 6) is -0.689. The quantitative estimate of drug-likeness (QED) is 0.436. The second-order valence-corrected chi connectivity index (χ2v) is 4.99. The molecule has 0 unspecified atom stereocenters. The first-order valence-electron chi connectivity index (χ1n) is 6.61. The van der Waals surface area contributed by atoms with E-state index in [0.717, 1.165) is 6.42 Å². The average Bonchev–Trinajstić information content (AvgIpc) is 2.89. The van der Waals surface area contributed by atoms with Crippen molar-refractivity contribution in [3.8, 4) is 0 Å². The second kappa shape index (κ2) is 4.75. The largest absolute Gasteiger partial charge is 0.465 e. The predicted molar refractivity (Wildman–Crippen MR) is 65.6 cm³/mol. The van der Waals surface area contributed by atoms with E-state index in [1.54, 1.807) is 13.8 Å². The molecule has 18 heavy (non-hydrogen) atoms. The van der Waals surface area contributed by atoms with Crippen LogP contribution in [0.5, 0.6) is 0 Å². The molecule has 0 heterocycles. The van der Waals surface area contributed by atoms with Crippen molar-refractivity contribution in [3.63, 3.8) is 0 Å². The Morgan fingerprint density at radius 2 is 1.72 bits per heavy atom. The van der Waals surface area contributed by atoms with E-state index in [4.69, 9.17) is 9.47 Å². The molecule has 3 atom stereocenters. The van der Waals surface area contributed by atoms with Gasteiger partial charge in [0, 0.05) is 5.92 Å². The Balaban J connectivity index is 2.38. The number of hydrogen-bond acceptors (Lipinski definition) is 4. The number of hydrogen-bond donors (Lipinski definition) is 0. The van der Waals surface area contributed by atoms with Crippen molar-refractivity contribution in [3.05, 3.63) is 12.2 Å². The lowest BCUT2D eigenvalue weighted by Gasteiger charge is -2.35. The van der Waals surface area contributed by atoms with Crippen molar-refractivity contribution in [1.29, 1.82) is 0 Å². The molecule has 100 valence electrons. The van der Waals surface area contributed by atoms with Gasteiger partial charge < -0.3 is 9.47 Å². The maximum atomic E-state index is 12.3. The second-order valence-electron chi connectivity index (χ2n) is 4.99. The number of fused-ring (bicyclic) bond motifs is 2. The molecule has 0 saturated heterocycles. The fraction of sp³-hybridized carbons (Fsp3) is 0.714. The van der Waals surface area contributed by atoms with Crippen molar-refractivity contribution in [2.24, 2.45) is 23.2 Å². The van der Waals surface area contributed by atoms with Crippen LogP contribution >= 0.6 is 0 Å². The standard InChI is InChI=1S/C14H20O4/c1-4-17-12(15)14(13(16)18-5-2)9(3)10-6-7-11(14)8-10/h6-7,9-11H,4-5,8H2,1-3H3/t9-,10+,11+/m1/s1. The molecule has 0 amide bonds. The van der Waals surface area contributed by atoms with Gasteiger partial charge in [0.25, 0.3) is 0 Å². The molecule has 0 aliphatic heterocycles. The smallest absolute Gasteiger partial charge is 0.324 e. The van der Waals surface area contributed by atoms with Crippen LogP contribution in [-0.4, -0.2) is 25.2 Å². The first-order chi connectivity index (χ1) is 8.58. The van der Waals surface area contributed by atoms with Crippen LogP contribution in [0, 0.1) is 23.2 Å². The van der Waals surface area contributed by atoms with Gasteiger partial charge in [-0.3, -0.25) is 9.59 Å². The highest BCUT2D eigenvalue weighted by atomic mass is 16.6. The molecule has 0 N–H and O–H groups in total. The summed E-state index contributed by atoms with van der Waals surface area (Å²) in [6.07, 6.45) is 4.92. The third kappa shape index (κ3) is 1.58. The molecule has 0 aromatic carbocycles. The lowest BCUT2D eigenvalue weighted by atomic mass is 9.69. The van der Waals surface area contributed by atoms with Gasteiger partial charge in [-0.25, -0.2) is 0 Å². The summed E-state index contributed by atoms with van der Waals surface area (Å²) in [7, 11) is 0. The average molecular weight is 252 g/mol. The van der Waals surface area contributed by atoms with Gasteiger partial charge >= 0.3 is 11.9 Å². The summed E-state index contributed by atoms with van der Waals surface area (Å²) >= 11 is 0. The van der Waals surface area contributed by atoms with Gasteiger partial charge in [0.05, 0.1) is 13.2 Å². The lowest BCUT2D eigenvalue weighted by molar-refractivity contribution is -0.178. The van der Waals surface area contributed by atoms with E-state index in [2.05, 4.69) is 6.08 Å². The monoisotopic (exact) mass is 252 g/mol. The van der Waals surface area contributed by atoms with E-state index < -0.39 is 17.4 Å². The Bertz CT molecular complexity index is 367. The van der Waals surface area contributed by atoms with E-state index >= 15 is 0 Å². The zero-order valence-electron chi connectivity index (χ0n) is 11.1. The minimum atomic E-state index is -1.12. The van der Waals surface area contributed by atoms with Crippen LogP contribution in [0.25, 0.3) is 0 Å². The Kier molecular flexibility index (Phi) is 3.46. The van der Waals surface area contributed by atoms with E-state index in [1.807, 2.05) is 13.0 Å². The number of carbonyl (C=O) groups is 2. The Labute approximate surface area is 107 Å². The molecule has 2 aliphatic rings. The topological polar surface area (TPSA) is 52.6 Å². The summed E-state index contributed by atoms with van der Waals surface area (Å²) in [5, 5.41) is 0. The molecule has 0 radical (unpaired) electrons. The Morgan fingerprint density at radius 3 is 2.11 bits per heavy atom. The van der Waals surface area contributed by atoms with E-state index in [0.29, 0.717) is 0 Å². The van der Waals surface area contributed by atoms with Gasteiger partial charge in [-0.15, -0.1) is 0 Å². The number of ether oxygens (including phenoxy) is 2. The minimum absolute atomic E-state index is 0.0504. The van der Waals surface area contributed by atoms with Crippen LogP contribution in [0.1, 0.15) is 27.2 Å². The maximum Gasteiger partial charge on any atom is 0.324 e. The first-order valence-corrected chi connectivity index (χ1v) is 6.61. The van der Waals surface area contributed by atoms with Crippen LogP contribution in [0.3, 0.4) is 0 Å². The van der Waals surface area contributed by atoms with E-state index in [1.165, 1.54) is 0 Å². The molecule has 4 heteroatoms. The fourth-order valence-electron chi connectivity index (χ4n) is 3.37. The van der Waals surface area contributed by atoms with E-state index in [-0.39, 0.29) is 31.0 Å². The maximum absolute atomic E-state index is 12.3. The molecule has 2 rings (SSSR count). The van der Waals surface area contributed by atoms with Gasteiger partial charge in [-0.2, -0.15) is 0 Å². The molecule has 2 bridgehead atoms. The number of rotatable bonds is 4. The summed E-state index contributed by atoms with van der Waals surface area (Å²) in [5.41, 5.74) is -1.12. The van der Waals surface area contributed by atoms with Gasteiger partial charge in [-0.1, -0.05) is 19.1 Å². The normalized spacial score (nSPS) is 31.4. The third-order valence-corrected chi connectivity index (χ3v) is 4.29. The summed E-state index contributed by atoms with van der Waals surface area (Å²) in [4.78, 5) is 24.7. The zero-order chi connectivity index (χ0) is 13.3. The molecule has 0 aromatic heterocycles. The minimum Gasteiger partial charge on any atom is -0.465 e. The highest BCUT2D eigenvalue weighted by Gasteiger charge is 2.65. The highest BCUT2D eigenvalue weighted by Crippen LogP contribution is 2.57. The van der Waals surface area contributed by atoms with Gasteiger partial charge in [-0.05, 0) is 32.1 Å². The van der Waals surface area contributed by atoms with Crippen LogP contribution in [0.4, 0.5) is 0 Å². The zero-order valence-corrected chi connectivity index (χ0v) is 11.1. The van der Waals surface area contributed by atoms with E-state index in [9.17, 15) is 9.59 Å². The van der Waals surface area contributed by atoms with Gasteiger partial charge in [0.2, 0.25) is 0 Å². The van der Waals surface area contributed by atoms with Crippen LogP contribution in [0.15, 0.2) is 12.2 Å². The molecule has 0 spiro atoms. The summed E-state index contributed by atoms with van der Waals surface area (Å²) in [6.45, 7) is 6.03. The molecule has 4 nitrogen and oxygen atoms in total. The SMILES string of the molecule is CCOC(=O)C1(C(=O)OCC)[C@H](C)[C@H]2C=C[C@H]1C2. The van der Waals surface area contributed by atoms with Crippen molar-refractivity contribution in [2.75, 3.05) is 13.2 Å². The molecule has 2 aliphatic carbocycles. The molecular weight excluding hydrogens is 232 g/mol. The number of esters is 2. The molecule has 1 fully saturated rings. The fourth-order valence-corrected chi connectivity index (χ4v) is 3.37. The highest BCUT2D eigenvalue weighted by molar-refractivity contribution is 6.02. The molecular formula is C14H20O4. The Morgan fingerprint density at radius 1 is 1.17 bits per heavy atom. The molecule has 0 aromatic rings. The van der Waals surface area contributed by atoms with Crippen LogP contribution < -0.4 is 0 Å². The van der Waals surface area contributed by atoms with Gasteiger partial charge in [0.15, 0.2) is 5.41 Å². The summed E-state index contributed by atoms with van der Waals surface area (Å²) in [6, 6.07) is 0. The van der Waals surface area contributed by atoms with Crippen molar-refractivity contribution >= 4 is 11.9 Å². The lowest BCUT2D eigenvalue weighted by Crippen LogP contribution is -2.49. The molecule has 1 saturated carbocycles. The predicted octanol–water partition coefficient (Wildman–Crippen LogP) is 1.94. The first kappa shape index (κ1) is 13.1. The van der Waals surface area contributed by atoms with Crippen LogP contribution in [0.2, 0.25) is 0 Å². The van der Waals surface area contributed by atoms with Crippen LogP contribution in [-0.2, 0) is 19.1 Å². The third-order valence-electron chi connectivity index (χ3n) is 4.29. The van der Waals surface area contributed by atoms with Crippen molar-refractivity contribution < 1.29 is 19.1 Å². The number of allylic oxidation sites excluding steroid dienone is 2. The Hall–Kier alpha value is -1.32. The van der Waals surface area contributed by atoms with Gasteiger partial charge in [0.1, 0.15) is 0 Å². The van der Waals surface area contributed by atoms with Crippen molar-refractivity contribution in [1.82, 2.24) is 0 Å². The number of carbonyl (C=O) groups excluding carboxylic acids is 2. The van der Waals surface area contributed by atoms with Crippen molar-refractivity contribution in [2.45, 2.75) is 27.2 Å².